The van der Waals surface area contributed by atoms with Crippen LogP contribution < -0.4 is 4.90 Å². The molecule has 0 aliphatic carbocycles. The van der Waals surface area contributed by atoms with Crippen LogP contribution >= 0.6 is 0 Å². The Hall–Kier alpha value is -3.26. The number of aryl methyl sites for hydroxylation is 2. The number of anilines is 1. The highest BCUT2D eigenvalue weighted by atomic mass is 19.1. The van der Waals surface area contributed by atoms with Crippen LogP contribution in [-0.2, 0) is 0 Å². The van der Waals surface area contributed by atoms with E-state index in [-0.39, 0.29) is 11.6 Å². The van der Waals surface area contributed by atoms with Crippen molar-refractivity contribution in [1.29, 1.82) is 0 Å². The van der Waals surface area contributed by atoms with Crippen molar-refractivity contribution < 1.29 is 18.5 Å². The van der Waals surface area contributed by atoms with Gasteiger partial charge in [0.2, 0.25) is 0 Å². The van der Waals surface area contributed by atoms with Gasteiger partial charge in [-0.05, 0) is 52.0 Å². The standard InChI is InChI=1S/C24H27FN4O3/c1-15-11-20(17(3)29(15)24-12-16(2)32-26-24)23(31)14-27-7-9-28(10-8-27)22-6-5-19(18(4)30)13-21(22)25/h5-6,11-13H,7-10,14H2,1-4H3. The van der Waals surface area contributed by atoms with Crippen molar-refractivity contribution in [2.75, 3.05) is 37.6 Å². The van der Waals surface area contributed by atoms with Crippen molar-refractivity contribution in [3.8, 4) is 5.82 Å². The normalized spacial score (nSPS) is 14.7. The molecule has 0 amide bonds. The van der Waals surface area contributed by atoms with Gasteiger partial charge in [0, 0.05) is 54.8 Å². The highest BCUT2D eigenvalue weighted by Crippen LogP contribution is 2.24. The molecular weight excluding hydrogens is 411 g/mol. The van der Waals surface area contributed by atoms with E-state index in [9.17, 15) is 14.0 Å². The second-order valence-corrected chi connectivity index (χ2v) is 8.32. The number of piperazine rings is 1. The number of hydrogen-bond acceptors (Lipinski definition) is 6. The molecule has 1 aliphatic heterocycles. The van der Waals surface area contributed by atoms with Gasteiger partial charge >= 0.3 is 0 Å². The monoisotopic (exact) mass is 438 g/mol. The number of carbonyl (C=O) groups is 2. The van der Waals surface area contributed by atoms with Gasteiger partial charge in [0.05, 0.1) is 12.2 Å². The average Bonchev–Trinajstić information content (AvgIpc) is 3.30. The Labute approximate surface area is 186 Å². The van der Waals surface area contributed by atoms with E-state index >= 15 is 0 Å². The number of halogens is 1. The van der Waals surface area contributed by atoms with Crippen LogP contribution in [-0.4, -0.2) is 58.9 Å². The number of benzene rings is 1. The molecule has 3 aromatic rings. The van der Waals surface area contributed by atoms with Gasteiger partial charge in [-0.2, -0.15) is 0 Å². The zero-order valence-electron chi connectivity index (χ0n) is 18.8. The number of aromatic nitrogens is 2. The Balaban J connectivity index is 1.41. The number of hydrogen-bond donors (Lipinski definition) is 0. The van der Waals surface area contributed by atoms with Crippen molar-refractivity contribution in [3.05, 3.63) is 64.4 Å². The number of rotatable bonds is 6. The summed E-state index contributed by atoms with van der Waals surface area (Å²) in [5, 5.41) is 4.07. The highest BCUT2D eigenvalue weighted by molar-refractivity contribution is 5.99. The molecular formula is C24H27FN4O3. The summed E-state index contributed by atoms with van der Waals surface area (Å²) in [6, 6.07) is 8.34. The Morgan fingerprint density at radius 1 is 1.06 bits per heavy atom. The van der Waals surface area contributed by atoms with E-state index in [0.29, 0.717) is 61.1 Å². The van der Waals surface area contributed by atoms with Crippen molar-refractivity contribution in [3.63, 3.8) is 0 Å². The Bertz CT molecular complexity index is 1170. The third kappa shape index (κ3) is 4.23. The first-order valence-electron chi connectivity index (χ1n) is 10.7. The molecule has 0 unspecified atom stereocenters. The first-order valence-corrected chi connectivity index (χ1v) is 10.7. The van der Waals surface area contributed by atoms with Gasteiger partial charge in [0.25, 0.3) is 0 Å². The quantitative estimate of drug-likeness (QED) is 0.546. The van der Waals surface area contributed by atoms with Gasteiger partial charge in [-0.3, -0.25) is 19.1 Å². The molecule has 0 saturated carbocycles. The third-order valence-corrected chi connectivity index (χ3v) is 6.01. The van der Waals surface area contributed by atoms with Gasteiger partial charge in [0.15, 0.2) is 17.4 Å². The molecule has 1 saturated heterocycles. The minimum atomic E-state index is -0.391. The van der Waals surface area contributed by atoms with E-state index in [0.717, 1.165) is 11.4 Å². The lowest BCUT2D eigenvalue weighted by molar-refractivity contribution is 0.0925. The lowest BCUT2D eigenvalue weighted by atomic mass is 10.1. The van der Waals surface area contributed by atoms with Gasteiger partial charge in [-0.1, -0.05) is 5.16 Å². The molecule has 0 atom stereocenters. The van der Waals surface area contributed by atoms with E-state index in [1.807, 2.05) is 42.4 Å². The fourth-order valence-corrected chi connectivity index (χ4v) is 4.27. The fourth-order valence-electron chi connectivity index (χ4n) is 4.27. The summed E-state index contributed by atoms with van der Waals surface area (Å²) in [6.45, 7) is 9.95. The van der Waals surface area contributed by atoms with Crippen LogP contribution in [0.25, 0.3) is 5.82 Å². The predicted octanol–water partition coefficient (Wildman–Crippen LogP) is 3.74. The van der Waals surface area contributed by atoms with E-state index in [1.165, 1.54) is 13.0 Å². The summed E-state index contributed by atoms with van der Waals surface area (Å²) in [7, 11) is 0. The zero-order chi connectivity index (χ0) is 23.0. The van der Waals surface area contributed by atoms with Crippen LogP contribution in [0.5, 0.6) is 0 Å². The van der Waals surface area contributed by atoms with Crippen LogP contribution in [0.2, 0.25) is 0 Å². The molecule has 168 valence electrons. The van der Waals surface area contributed by atoms with Gasteiger partial charge < -0.3 is 9.42 Å². The van der Waals surface area contributed by atoms with Crippen LogP contribution in [0.3, 0.4) is 0 Å². The topological polar surface area (TPSA) is 71.6 Å². The first-order chi connectivity index (χ1) is 15.2. The van der Waals surface area contributed by atoms with Gasteiger partial charge in [-0.15, -0.1) is 0 Å². The maximum Gasteiger partial charge on any atom is 0.180 e. The lowest BCUT2D eigenvalue weighted by Crippen LogP contribution is -2.48. The molecule has 2 aromatic heterocycles. The Morgan fingerprint density at radius 2 is 1.78 bits per heavy atom. The van der Waals surface area contributed by atoms with Crippen LogP contribution in [0.15, 0.2) is 34.9 Å². The SMILES string of the molecule is CC(=O)c1ccc(N2CCN(CC(=O)c3cc(C)n(-c4cc(C)on4)c3C)CC2)c(F)c1. The number of Topliss-reactive ketones (excluding diaryl/α,β-unsaturated/α-hetero) is 2. The fraction of sp³-hybridized carbons (Fsp3) is 0.375. The second-order valence-electron chi connectivity index (χ2n) is 8.32. The maximum atomic E-state index is 14.5. The van der Waals surface area contributed by atoms with Crippen LogP contribution in [0.4, 0.5) is 10.1 Å². The minimum Gasteiger partial charge on any atom is -0.367 e. The predicted molar refractivity (Wildman–Crippen MR) is 119 cm³/mol. The van der Waals surface area contributed by atoms with E-state index in [2.05, 4.69) is 10.1 Å². The Morgan fingerprint density at radius 3 is 2.38 bits per heavy atom. The maximum absolute atomic E-state index is 14.5. The molecule has 7 nitrogen and oxygen atoms in total. The summed E-state index contributed by atoms with van der Waals surface area (Å²) in [5.74, 6) is 0.887. The van der Waals surface area contributed by atoms with E-state index in [4.69, 9.17) is 4.52 Å². The summed E-state index contributed by atoms with van der Waals surface area (Å²) >= 11 is 0. The van der Waals surface area contributed by atoms with Gasteiger partial charge in [0.1, 0.15) is 11.6 Å². The van der Waals surface area contributed by atoms with E-state index in [1.54, 1.807) is 12.1 Å². The van der Waals surface area contributed by atoms with Crippen LogP contribution in [0.1, 0.15) is 44.8 Å². The summed E-state index contributed by atoms with van der Waals surface area (Å²) < 4.78 is 21.6. The first kappa shape index (κ1) is 22.0. The minimum absolute atomic E-state index is 0.0509. The third-order valence-electron chi connectivity index (χ3n) is 6.01. The summed E-state index contributed by atoms with van der Waals surface area (Å²) in [4.78, 5) is 28.5. The van der Waals surface area contributed by atoms with Crippen molar-refractivity contribution in [2.24, 2.45) is 0 Å². The Kier molecular flexibility index (Phi) is 5.97. The molecule has 1 aliphatic rings. The largest absolute Gasteiger partial charge is 0.367 e. The molecule has 3 heterocycles. The van der Waals surface area contributed by atoms with Crippen molar-refractivity contribution in [1.82, 2.24) is 14.6 Å². The van der Waals surface area contributed by atoms with E-state index < -0.39 is 5.82 Å². The van der Waals surface area contributed by atoms with Gasteiger partial charge in [-0.25, -0.2) is 4.39 Å². The second kappa shape index (κ2) is 8.70. The summed E-state index contributed by atoms with van der Waals surface area (Å²) in [6.07, 6.45) is 0. The van der Waals surface area contributed by atoms with Crippen molar-refractivity contribution in [2.45, 2.75) is 27.7 Å². The van der Waals surface area contributed by atoms with Crippen LogP contribution in [0, 0.1) is 26.6 Å². The molecule has 4 rings (SSSR count). The molecule has 8 heteroatoms. The molecule has 1 fully saturated rings. The molecule has 0 spiro atoms. The number of carbonyl (C=O) groups excluding carboxylic acids is 2. The molecule has 0 N–H and O–H groups in total. The molecule has 1 aromatic carbocycles. The molecule has 0 radical (unpaired) electrons. The van der Waals surface area contributed by atoms with Crippen molar-refractivity contribution >= 4 is 17.3 Å². The number of nitrogens with zero attached hydrogens (tertiary/aromatic N) is 4. The molecule has 0 bridgehead atoms. The molecule has 32 heavy (non-hydrogen) atoms. The average molecular weight is 439 g/mol. The number of ketones is 2. The summed E-state index contributed by atoms with van der Waals surface area (Å²) in [5.41, 5.74) is 3.30. The highest BCUT2D eigenvalue weighted by Gasteiger charge is 2.24. The smallest absolute Gasteiger partial charge is 0.180 e. The lowest BCUT2D eigenvalue weighted by Gasteiger charge is -2.36. The zero-order valence-corrected chi connectivity index (χ0v) is 18.8.